The van der Waals surface area contributed by atoms with E-state index in [4.69, 9.17) is 5.73 Å². The maximum Gasteiger partial charge on any atom is 0.199 e. The first kappa shape index (κ1) is 12.8. The molecule has 2 N–H and O–H groups in total. The van der Waals surface area contributed by atoms with Crippen LogP contribution in [0.25, 0.3) is 0 Å². The quantitative estimate of drug-likeness (QED) is 0.738. The van der Waals surface area contributed by atoms with Crippen LogP contribution in [0.3, 0.4) is 0 Å². The lowest BCUT2D eigenvalue weighted by Crippen LogP contribution is -2.33. The lowest BCUT2D eigenvalue weighted by Gasteiger charge is -2.13. The van der Waals surface area contributed by atoms with Gasteiger partial charge < -0.3 is 5.73 Å². The van der Waals surface area contributed by atoms with Crippen LogP contribution < -0.4 is 5.73 Å². The smallest absolute Gasteiger partial charge is 0.199 e. The minimum atomic E-state index is -0.450. The molecule has 5 nitrogen and oxygen atoms in total. The maximum atomic E-state index is 12.0. The Labute approximate surface area is 96.0 Å². The van der Waals surface area contributed by atoms with Crippen LogP contribution in [0.2, 0.25) is 0 Å². The summed E-state index contributed by atoms with van der Waals surface area (Å²) in [7, 11) is 0. The van der Waals surface area contributed by atoms with E-state index in [-0.39, 0.29) is 5.78 Å². The molecule has 1 atom stereocenters. The summed E-state index contributed by atoms with van der Waals surface area (Å²) in [6, 6.07) is -0.450. The first-order chi connectivity index (χ1) is 7.56. The highest BCUT2D eigenvalue weighted by Crippen LogP contribution is 2.09. The molecule has 0 saturated carbocycles. The van der Waals surface area contributed by atoms with Crippen LogP contribution in [0.1, 0.15) is 44.1 Å². The fraction of sp³-hybridized carbons (Fsp3) is 0.727. The van der Waals surface area contributed by atoms with Gasteiger partial charge in [-0.1, -0.05) is 26.0 Å². The summed E-state index contributed by atoms with van der Waals surface area (Å²) in [6.07, 6.45) is 3.11. The predicted octanol–water partition coefficient (Wildman–Crippen LogP) is 1.24. The zero-order chi connectivity index (χ0) is 12.1. The Hall–Kier alpha value is -1.23. The topological polar surface area (TPSA) is 73.8 Å². The van der Waals surface area contributed by atoms with Gasteiger partial charge in [-0.25, -0.2) is 4.68 Å². The van der Waals surface area contributed by atoms with E-state index >= 15 is 0 Å². The lowest BCUT2D eigenvalue weighted by molar-refractivity contribution is 0.0940. The summed E-state index contributed by atoms with van der Waals surface area (Å²) in [5.74, 6) is 0.349. The van der Waals surface area contributed by atoms with Gasteiger partial charge in [0.05, 0.1) is 12.2 Å². The number of Topliss-reactive ketones (excluding diaryl/α,β-unsaturated/α-hetero) is 1. The molecule has 0 spiro atoms. The Kier molecular flexibility index (Phi) is 4.61. The summed E-state index contributed by atoms with van der Waals surface area (Å²) in [5.41, 5.74) is 6.38. The molecule has 0 amide bonds. The van der Waals surface area contributed by atoms with Gasteiger partial charge in [-0.15, -0.1) is 5.10 Å². The normalized spacial score (nSPS) is 13.1. The molecule has 0 aliphatic carbocycles. The average Bonchev–Trinajstić information content (AvgIpc) is 2.64. The fourth-order valence-electron chi connectivity index (χ4n) is 1.63. The number of aryl methyl sites for hydroxylation is 1. The first-order valence-corrected chi connectivity index (χ1v) is 5.74. The molecule has 1 heterocycles. The van der Waals surface area contributed by atoms with Crippen molar-refractivity contribution < 1.29 is 4.79 Å². The van der Waals surface area contributed by atoms with Gasteiger partial charge in [0.15, 0.2) is 5.78 Å². The zero-order valence-corrected chi connectivity index (χ0v) is 10.2. The van der Waals surface area contributed by atoms with Crippen LogP contribution in [0, 0.1) is 5.92 Å². The summed E-state index contributed by atoms with van der Waals surface area (Å²) < 4.78 is 1.63. The molecule has 1 aromatic rings. The number of ketones is 1. The number of carbonyl (C=O) groups is 1. The molecule has 5 heteroatoms. The Morgan fingerprint density at radius 3 is 2.81 bits per heavy atom. The predicted molar refractivity (Wildman–Crippen MR) is 62.1 cm³/mol. The van der Waals surface area contributed by atoms with Gasteiger partial charge in [-0.05, 0) is 18.8 Å². The van der Waals surface area contributed by atoms with E-state index in [0.717, 1.165) is 6.42 Å². The summed E-state index contributed by atoms with van der Waals surface area (Å²) >= 11 is 0. The van der Waals surface area contributed by atoms with Crippen LogP contribution in [0.4, 0.5) is 0 Å². The second kappa shape index (κ2) is 5.75. The van der Waals surface area contributed by atoms with Crippen molar-refractivity contribution in [1.82, 2.24) is 15.0 Å². The summed E-state index contributed by atoms with van der Waals surface area (Å²) in [6.45, 7) is 6.84. The van der Waals surface area contributed by atoms with Gasteiger partial charge in [-0.2, -0.15) is 0 Å². The van der Waals surface area contributed by atoms with Crippen LogP contribution >= 0.6 is 0 Å². The minimum Gasteiger partial charge on any atom is -0.321 e. The second-order valence-corrected chi connectivity index (χ2v) is 4.44. The Bertz CT molecular complexity index is 346. The molecule has 0 fully saturated rings. The van der Waals surface area contributed by atoms with Gasteiger partial charge in [0.25, 0.3) is 0 Å². The van der Waals surface area contributed by atoms with Crippen molar-refractivity contribution in [1.29, 1.82) is 0 Å². The molecule has 0 aliphatic heterocycles. The van der Waals surface area contributed by atoms with Crippen molar-refractivity contribution in [2.45, 2.75) is 46.2 Å². The maximum absolute atomic E-state index is 12.0. The number of aromatic nitrogens is 3. The van der Waals surface area contributed by atoms with Gasteiger partial charge >= 0.3 is 0 Å². The number of rotatable bonds is 6. The SMILES string of the molecule is CCCn1nncc1C(=O)C(N)CC(C)C. The van der Waals surface area contributed by atoms with E-state index in [1.807, 2.05) is 6.92 Å². The fourth-order valence-corrected chi connectivity index (χ4v) is 1.63. The van der Waals surface area contributed by atoms with Crippen LogP contribution in [0.15, 0.2) is 6.20 Å². The standard InChI is InChI=1S/C11H20N4O/c1-4-5-15-10(7-13-14-15)11(16)9(12)6-8(2)3/h7-9H,4-6,12H2,1-3H3. The Morgan fingerprint density at radius 1 is 1.56 bits per heavy atom. The molecular formula is C11H20N4O. The van der Waals surface area contributed by atoms with Crippen molar-refractivity contribution in [2.24, 2.45) is 11.7 Å². The highest BCUT2D eigenvalue weighted by atomic mass is 16.1. The van der Waals surface area contributed by atoms with Gasteiger partial charge in [0.1, 0.15) is 5.69 Å². The van der Waals surface area contributed by atoms with Crippen molar-refractivity contribution in [3.05, 3.63) is 11.9 Å². The highest BCUT2D eigenvalue weighted by molar-refractivity contribution is 5.98. The van der Waals surface area contributed by atoms with Gasteiger partial charge in [0.2, 0.25) is 0 Å². The molecule has 0 aromatic carbocycles. The molecule has 0 radical (unpaired) electrons. The third-order valence-corrected chi connectivity index (χ3v) is 2.37. The van der Waals surface area contributed by atoms with Crippen LogP contribution in [-0.2, 0) is 6.54 Å². The van der Waals surface area contributed by atoms with E-state index < -0.39 is 6.04 Å². The first-order valence-electron chi connectivity index (χ1n) is 5.74. The molecule has 0 bridgehead atoms. The third-order valence-electron chi connectivity index (χ3n) is 2.37. The summed E-state index contributed by atoms with van der Waals surface area (Å²) in [5, 5.41) is 7.64. The van der Waals surface area contributed by atoms with E-state index in [1.165, 1.54) is 6.20 Å². The number of nitrogens with zero attached hydrogens (tertiary/aromatic N) is 3. The van der Waals surface area contributed by atoms with Crippen LogP contribution in [-0.4, -0.2) is 26.8 Å². The number of carbonyl (C=O) groups excluding carboxylic acids is 1. The van der Waals surface area contributed by atoms with Gasteiger partial charge in [-0.3, -0.25) is 4.79 Å². The van der Waals surface area contributed by atoms with E-state index in [9.17, 15) is 4.79 Å². The lowest BCUT2D eigenvalue weighted by atomic mass is 10.00. The highest BCUT2D eigenvalue weighted by Gasteiger charge is 2.20. The largest absolute Gasteiger partial charge is 0.321 e. The number of hydrogen-bond acceptors (Lipinski definition) is 4. The van der Waals surface area contributed by atoms with Crippen molar-refractivity contribution >= 4 is 5.78 Å². The van der Waals surface area contributed by atoms with Crippen molar-refractivity contribution in [2.75, 3.05) is 0 Å². The molecule has 0 aliphatic rings. The van der Waals surface area contributed by atoms with Crippen molar-refractivity contribution in [3.63, 3.8) is 0 Å². The Morgan fingerprint density at radius 2 is 2.25 bits per heavy atom. The average molecular weight is 224 g/mol. The summed E-state index contributed by atoms with van der Waals surface area (Å²) in [4.78, 5) is 12.0. The monoisotopic (exact) mass is 224 g/mol. The molecular weight excluding hydrogens is 204 g/mol. The van der Waals surface area contributed by atoms with E-state index in [2.05, 4.69) is 24.2 Å². The zero-order valence-electron chi connectivity index (χ0n) is 10.2. The van der Waals surface area contributed by atoms with Crippen molar-refractivity contribution in [3.8, 4) is 0 Å². The Balaban J connectivity index is 2.75. The number of hydrogen-bond donors (Lipinski definition) is 1. The number of nitrogens with two attached hydrogens (primary N) is 1. The molecule has 1 aromatic heterocycles. The minimum absolute atomic E-state index is 0.0628. The molecule has 0 saturated heterocycles. The second-order valence-electron chi connectivity index (χ2n) is 4.44. The van der Waals surface area contributed by atoms with Gasteiger partial charge in [0, 0.05) is 6.54 Å². The van der Waals surface area contributed by atoms with E-state index in [1.54, 1.807) is 4.68 Å². The molecule has 16 heavy (non-hydrogen) atoms. The molecule has 1 unspecified atom stereocenters. The molecule has 90 valence electrons. The molecule has 1 rings (SSSR count). The third kappa shape index (κ3) is 3.13. The van der Waals surface area contributed by atoms with Crippen LogP contribution in [0.5, 0.6) is 0 Å². The van der Waals surface area contributed by atoms with E-state index in [0.29, 0.717) is 24.6 Å².